The maximum atomic E-state index is 11.6. The van der Waals surface area contributed by atoms with Gasteiger partial charge in [0.1, 0.15) is 0 Å². The van der Waals surface area contributed by atoms with Crippen LogP contribution in [0.15, 0.2) is 12.2 Å². The normalized spacial score (nSPS) is 21.3. The fourth-order valence-electron chi connectivity index (χ4n) is 3.18. The predicted octanol–water partition coefficient (Wildman–Crippen LogP) is 5.58. The third-order valence-corrected chi connectivity index (χ3v) is 4.72. The van der Waals surface area contributed by atoms with E-state index < -0.39 is 0 Å². The molecule has 0 saturated carbocycles. The molecule has 1 saturated heterocycles. The molecule has 3 nitrogen and oxygen atoms in total. The lowest BCUT2D eigenvalue weighted by molar-refractivity contribution is -0.153. The summed E-state index contributed by atoms with van der Waals surface area (Å²) in [6.45, 7) is 4.18. The highest BCUT2D eigenvalue weighted by Gasteiger charge is 2.41. The molecule has 1 rings (SSSR count). The Morgan fingerprint density at radius 1 is 0.826 bits per heavy atom. The molecular weight excluding hydrogens is 288 g/mol. The number of cyclic esters (lactones) is 2. The van der Waals surface area contributed by atoms with Crippen molar-refractivity contribution in [1.29, 1.82) is 0 Å². The monoisotopic (exact) mass is 322 g/mol. The Kier molecular flexibility index (Phi) is 10.7. The number of unbranched alkanes of at least 4 members (excludes halogenated alkanes) is 10. The van der Waals surface area contributed by atoms with Gasteiger partial charge in [0.2, 0.25) is 0 Å². The summed E-state index contributed by atoms with van der Waals surface area (Å²) >= 11 is 0. The Morgan fingerprint density at radius 3 is 1.96 bits per heavy atom. The summed E-state index contributed by atoms with van der Waals surface area (Å²) < 4.78 is 4.71. The molecule has 3 heteroatoms. The van der Waals surface area contributed by atoms with Crippen molar-refractivity contribution >= 4 is 11.9 Å². The largest absolute Gasteiger partial charge is 0.392 e. The van der Waals surface area contributed by atoms with Crippen LogP contribution in [-0.2, 0) is 14.3 Å². The molecule has 0 spiro atoms. The molecule has 0 aromatic carbocycles. The van der Waals surface area contributed by atoms with Gasteiger partial charge in [-0.05, 0) is 19.3 Å². The highest BCUT2D eigenvalue weighted by atomic mass is 16.6. The second-order valence-electron chi connectivity index (χ2n) is 6.68. The summed E-state index contributed by atoms with van der Waals surface area (Å²) in [7, 11) is 0. The molecule has 2 atom stereocenters. The van der Waals surface area contributed by atoms with Gasteiger partial charge in [0.05, 0.1) is 11.8 Å². The average molecular weight is 322 g/mol. The Bertz CT molecular complexity index is 373. The van der Waals surface area contributed by atoms with E-state index in [1.54, 1.807) is 0 Å². The summed E-state index contributed by atoms with van der Waals surface area (Å²) in [6, 6.07) is 0. The lowest BCUT2D eigenvalue weighted by atomic mass is 9.92. The molecule has 1 fully saturated rings. The number of allylic oxidation sites excluding steroid dienone is 1. The van der Waals surface area contributed by atoms with Crippen LogP contribution in [0, 0.1) is 11.8 Å². The second kappa shape index (κ2) is 12.3. The van der Waals surface area contributed by atoms with Gasteiger partial charge in [-0.1, -0.05) is 83.8 Å². The van der Waals surface area contributed by atoms with Crippen LogP contribution >= 0.6 is 0 Å². The van der Waals surface area contributed by atoms with E-state index in [2.05, 4.69) is 13.0 Å². The fraction of sp³-hybridized carbons (Fsp3) is 0.800. The quantitative estimate of drug-likeness (QED) is 0.192. The standard InChI is InChI=1S/C20H34O3/c1-3-5-6-7-8-9-10-11-12-13-14-15-16-18-17(4-2)19(21)23-20(18)22/h15-18H,3-14H2,1-2H3. The van der Waals surface area contributed by atoms with E-state index in [4.69, 9.17) is 4.74 Å². The second-order valence-corrected chi connectivity index (χ2v) is 6.68. The number of carbonyl (C=O) groups excluding carboxylic acids is 2. The number of hydrogen-bond donors (Lipinski definition) is 0. The molecule has 0 aromatic rings. The van der Waals surface area contributed by atoms with Crippen LogP contribution in [0.3, 0.4) is 0 Å². The highest BCUT2D eigenvalue weighted by molar-refractivity contribution is 5.97. The van der Waals surface area contributed by atoms with Crippen molar-refractivity contribution in [2.45, 2.75) is 90.9 Å². The van der Waals surface area contributed by atoms with E-state index in [0.717, 1.165) is 6.42 Å². The molecule has 0 radical (unpaired) electrons. The maximum absolute atomic E-state index is 11.6. The molecule has 0 bridgehead atoms. The van der Waals surface area contributed by atoms with Gasteiger partial charge in [-0.15, -0.1) is 0 Å². The van der Waals surface area contributed by atoms with Crippen molar-refractivity contribution in [2.75, 3.05) is 0 Å². The van der Waals surface area contributed by atoms with E-state index >= 15 is 0 Å². The van der Waals surface area contributed by atoms with Crippen LogP contribution in [0.2, 0.25) is 0 Å². The lowest BCUT2D eigenvalue weighted by Gasteiger charge is -2.05. The summed E-state index contributed by atoms with van der Waals surface area (Å²) in [5.41, 5.74) is 0. The smallest absolute Gasteiger partial charge is 0.321 e. The maximum Gasteiger partial charge on any atom is 0.321 e. The number of rotatable bonds is 13. The van der Waals surface area contributed by atoms with E-state index in [1.165, 1.54) is 64.2 Å². The zero-order chi connectivity index (χ0) is 16.9. The zero-order valence-electron chi connectivity index (χ0n) is 15.0. The van der Waals surface area contributed by atoms with Crippen molar-refractivity contribution in [3.63, 3.8) is 0 Å². The zero-order valence-corrected chi connectivity index (χ0v) is 15.0. The molecule has 1 aliphatic heterocycles. The van der Waals surface area contributed by atoms with Gasteiger partial charge in [0.15, 0.2) is 0 Å². The molecule has 0 aliphatic carbocycles. The van der Waals surface area contributed by atoms with Crippen LogP contribution in [0.4, 0.5) is 0 Å². The van der Waals surface area contributed by atoms with Crippen molar-refractivity contribution in [2.24, 2.45) is 11.8 Å². The molecule has 1 aliphatic rings. The molecule has 0 N–H and O–H groups in total. The Labute approximate surface area is 141 Å². The minimum Gasteiger partial charge on any atom is -0.392 e. The van der Waals surface area contributed by atoms with Crippen molar-refractivity contribution in [1.82, 2.24) is 0 Å². The van der Waals surface area contributed by atoms with Crippen LogP contribution in [0.25, 0.3) is 0 Å². The SMILES string of the molecule is CCCCCCCCCCCCC=CC1C(=O)OC(=O)C1CC. The van der Waals surface area contributed by atoms with Gasteiger partial charge >= 0.3 is 11.9 Å². The summed E-state index contributed by atoms with van der Waals surface area (Å²) in [5.74, 6) is -1.35. The number of esters is 2. The first-order chi connectivity index (χ1) is 11.2. The molecule has 2 unspecified atom stereocenters. The minimum absolute atomic E-state index is 0.272. The molecule has 0 aromatic heterocycles. The summed E-state index contributed by atoms with van der Waals surface area (Å²) in [5, 5.41) is 0. The summed E-state index contributed by atoms with van der Waals surface area (Å²) in [4.78, 5) is 23.1. The molecule has 132 valence electrons. The first-order valence-corrected chi connectivity index (χ1v) is 9.62. The van der Waals surface area contributed by atoms with Gasteiger partial charge in [0.25, 0.3) is 0 Å². The molecule has 23 heavy (non-hydrogen) atoms. The van der Waals surface area contributed by atoms with Crippen molar-refractivity contribution < 1.29 is 14.3 Å². The lowest BCUT2D eigenvalue weighted by Crippen LogP contribution is -2.14. The Balaban J connectivity index is 2.00. The first-order valence-electron chi connectivity index (χ1n) is 9.62. The van der Waals surface area contributed by atoms with E-state index in [-0.39, 0.29) is 23.8 Å². The molecular formula is C20H34O3. The van der Waals surface area contributed by atoms with Gasteiger partial charge in [-0.3, -0.25) is 9.59 Å². The number of carbonyl (C=O) groups is 2. The Hall–Kier alpha value is -1.12. The van der Waals surface area contributed by atoms with Crippen LogP contribution in [0.5, 0.6) is 0 Å². The van der Waals surface area contributed by atoms with E-state index in [1.807, 2.05) is 13.0 Å². The average Bonchev–Trinajstić information content (AvgIpc) is 2.81. The van der Waals surface area contributed by atoms with Gasteiger partial charge in [0, 0.05) is 0 Å². The predicted molar refractivity (Wildman–Crippen MR) is 94.0 cm³/mol. The van der Waals surface area contributed by atoms with Crippen molar-refractivity contribution in [3.05, 3.63) is 12.2 Å². The Morgan fingerprint density at radius 2 is 1.39 bits per heavy atom. The third-order valence-electron chi connectivity index (χ3n) is 4.72. The summed E-state index contributed by atoms with van der Waals surface area (Å²) in [6.07, 6.45) is 18.9. The topological polar surface area (TPSA) is 43.4 Å². The van der Waals surface area contributed by atoms with E-state index in [0.29, 0.717) is 6.42 Å². The van der Waals surface area contributed by atoms with Crippen LogP contribution < -0.4 is 0 Å². The highest BCUT2D eigenvalue weighted by Crippen LogP contribution is 2.27. The third kappa shape index (κ3) is 7.81. The number of hydrogen-bond acceptors (Lipinski definition) is 3. The first kappa shape index (κ1) is 19.9. The van der Waals surface area contributed by atoms with Crippen LogP contribution in [0.1, 0.15) is 90.9 Å². The fourth-order valence-corrected chi connectivity index (χ4v) is 3.18. The van der Waals surface area contributed by atoms with Crippen LogP contribution in [-0.4, -0.2) is 11.9 Å². The van der Waals surface area contributed by atoms with Crippen molar-refractivity contribution in [3.8, 4) is 0 Å². The van der Waals surface area contributed by atoms with Gasteiger partial charge in [-0.25, -0.2) is 0 Å². The van der Waals surface area contributed by atoms with E-state index in [9.17, 15) is 9.59 Å². The number of ether oxygens (including phenoxy) is 1. The molecule has 1 heterocycles. The minimum atomic E-state index is -0.374. The van der Waals surface area contributed by atoms with Gasteiger partial charge < -0.3 is 4.74 Å². The molecule has 0 amide bonds. The van der Waals surface area contributed by atoms with Gasteiger partial charge in [-0.2, -0.15) is 0 Å².